The van der Waals surface area contributed by atoms with E-state index in [4.69, 9.17) is 23.2 Å². The summed E-state index contributed by atoms with van der Waals surface area (Å²) in [6.45, 7) is 3.68. The molecule has 1 aromatic heterocycles. The highest BCUT2D eigenvalue weighted by atomic mass is 35.5. The van der Waals surface area contributed by atoms with E-state index in [9.17, 15) is 5.11 Å². The standard InChI is InChI=1S/C12H16Cl2OS/c1-2-3-4-5-6-7-10(15)9-8-11(13)16-12(9)14/h2,8,10,15H,1,3-7H2. The molecule has 0 bridgehead atoms. The van der Waals surface area contributed by atoms with E-state index >= 15 is 0 Å². The molecule has 0 saturated heterocycles. The molecule has 1 aromatic rings. The number of hydrogen-bond donors (Lipinski definition) is 1. The molecule has 0 radical (unpaired) electrons. The second kappa shape index (κ2) is 7.33. The van der Waals surface area contributed by atoms with Gasteiger partial charge in [0, 0.05) is 5.56 Å². The molecule has 1 atom stereocenters. The van der Waals surface area contributed by atoms with Crippen molar-refractivity contribution < 1.29 is 5.11 Å². The zero-order chi connectivity index (χ0) is 12.0. The summed E-state index contributed by atoms with van der Waals surface area (Å²) in [4.78, 5) is 0. The molecule has 4 heteroatoms. The van der Waals surface area contributed by atoms with Crippen molar-refractivity contribution in [1.29, 1.82) is 0 Å². The van der Waals surface area contributed by atoms with E-state index in [-0.39, 0.29) is 0 Å². The van der Waals surface area contributed by atoms with Crippen molar-refractivity contribution in [2.75, 3.05) is 0 Å². The van der Waals surface area contributed by atoms with Crippen LogP contribution in [-0.4, -0.2) is 5.11 Å². The molecule has 0 amide bonds. The van der Waals surface area contributed by atoms with Gasteiger partial charge in [-0.3, -0.25) is 0 Å². The third-order valence-electron chi connectivity index (χ3n) is 2.43. The summed E-state index contributed by atoms with van der Waals surface area (Å²) in [5.74, 6) is 0. The smallest absolute Gasteiger partial charge is 0.100 e. The minimum atomic E-state index is -0.486. The van der Waals surface area contributed by atoms with Gasteiger partial charge in [0.15, 0.2) is 0 Å². The van der Waals surface area contributed by atoms with Crippen LogP contribution in [0.25, 0.3) is 0 Å². The van der Waals surface area contributed by atoms with Gasteiger partial charge < -0.3 is 5.11 Å². The maximum Gasteiger partial charge on any atom is 0.100 e. The van der Waals surface area contributed by atoms with Crippen LogP contribution in [0.15, 0.2) is 18.7 Å². The number of aliphatic hydroxyl groups excluding tert-OH is 1. The van der Waals surface area contributed by atoms with E-state index in [1.807, 2.05) is 6.08 Å². The lowest BCUT2D eigenvalue weighted by molar-refractivity contribution is 0.164. The summed E-state index contributed by atoms with van der Waals surface area (Å²) >= 11 is 13.1. The van der Waals surface area contributed by atoms with Gasteiger partial charge in [-0.25, -0.2) is 0 Å². The maximum atomic E-state index is 9.91. The quantitative estimate of drug-likeness (QED) is 0.535. The number of rotatable bonds is 7. The predicted molar refractivity (Wildman–Crippen MR) is 72.6 cm³/mol. The van der Waals surface area contributed by atoms with Gasteiger partial charge in [0.2, 0.25) is 0 Å². The first-order chi connectivity index (χ1) is 7.65. The zero-order valence-corrected chi connectivity index (χ0v) is 11.4. The van der Waals surface area contributed by atoms with E-state index in [2.05, 4.69) is 6.58 Å². The van der Waals surface area contributed by atoms with Gasteiger partial charge in [-0.15, -0.1) is 17.9 Å². The Morgan fingerprint density at radius 2 is 2.12 bits per heavy atom. The highest BCUT2D eigenvalue weighted by Crippen LogP contribution is 2.36. The lowest BCUT2D eigenvalue weighted by Crippen LogP contribution is -1.96. The van der Waals surface area contributed by atoms with Crippen molar-refractivity contribution in [3.63, 3.8) is 0 Å². The highest BCUT2D eigenvalue weighted by molar-refractivity contribution is 7.20. The fourth-order valence-electron chi connectivity index (χ4n) is 1.54. The lowest BCUT2D eigenvalue weighted by Gasteiger charge is -2.08. The molecule has 0 spiro atoms. The Morgan fingerprint density at radius 1 is 1.38 bits per heavy atom. The van der Waals surface area contributed by atoms with Gasteiger partial charge in [0.1, 0.15) is 4.34 Å². The molecule has 0 saturated carbocycles. The molecular formula is C12H16Cl2OS. The van der Waals surface area contributed by atoms with Crippen LogP contribution >= 0.6 is 34.5 Å². The summed E-state index contributed by atoms with van der Waals surface area (Å²) < 4.78 is 1.23. The maximum absolute atomic E-state index is 9.91. The molecule has 0 fully saturated rings. The van der Waals surface area contributed by atoms with Crippen molar-refractivity contribution in [3.05, 3.63) is 33.0 Å². The van der Waals surface area contributed by atoms with E-state index in [1.54, 1.807) is 6.07 Å². The Labute approximate surface area is 111 Å². The molecule has 1 rings (SSSR count). The molecule has 1 unspecified atom stereocenters. The first kappa shape index (κ1) is 14.0. The van der Waals surface area contributed by atoms with Crippen LogP contribution in [0, 0.1) is 0 Å². The molecule has 0 aromatic carbocycles. The second-order valence-corrected chi connectivity index (χ2v) is 6.01. The summed E-state index contributed by atoms with van der Waals surface area (Å²) in [5, 5.41) is 9.91. The number of hydrogen-bond acceptors (Lipinski definition) is 2. The Kier molecular flexibility index (Phi) is 6.44. The number of thiophene rings is 1. The fraction of sp³-hybridized carbons (Fsp3) is 0.500. The van der Waals surface area contributed by atoms with Crippen molar-refractivity contribution in [1.82, 2.24) is 0 Å². The van der Waals surface area contributed by atoms with Crippen LogP contribution in [0.3, 0.4) is 0 Å². The Hall–Kier alpha value is -0.0200. The molecule has 16 heavy (non-hydrogen) atoms. The monoisotopic (exact) mass is 278 g/mol. The summed E-state index contributed by atoms with van der Waals surface area (Å²) in [6, 6.07) is 1.75. The fourth-order valence-corrected chi connectivity index (χ4v) is 3.11. The van der Waals surface area contributed by atoms with Crippen LogP contribution in [0.5, 0.6) is 0 Å². The molecule has 1 heterocycles. The van der Waals surface area contributed by atoms with Crippen LogP contribution in [-0.2, 0) is 0 Å². The van der Waals surface area contributed by atoms with Crippen LogP contribution < -0.4 is 0 Å². The Balaban J connectivity index is 2.32. The van der Waals surface area contributed by atoms with Gasteiger partial charge in [-0.2, -0.15) is 0 Å². The predicted octanol–water partition coefficient (Wildman–Crippen LogP) is 5.22. The third-order valence-corrected chi connectivity index (χ3v) is 3.95. The average Bonchev–Trinajstić information content (AvgIpc) is 2.57. The lowest BCUT2D eigenvalue weighted by atomic mass is 10.1. The zero-order valence-electron chi connectivity index (χ0n) is 9.09. The SMILES string of the molecule is C=CCCCCCC(O)c1cc(Cl)sc1Cl. The number of allylic oxidation sites excluding steroid dienone is 1. The summed E-state index contributed by atoms with van der Waals surface area (Å²) in [5.41, 5.74) is 0.764. The number of aliphatic hydroxyl groups is 1. The largest absolute Gasteiger partial charge is 0.388 e. The van der Waals surface area contributed by atoms with Crippen LogP contribution in [0.2, 0.25) is 8.67 Å². The molecule has 1 N–H and O–H groups in total. The third kappa shape index (κ3) is 4.46. The van der Waals surface area contributed by atoms with Crippen LogP contribution in [0.4, 0.5) is 0 Å². The van der Waals surface area contributed by atoms with Crippen molar-refractivity contribution in [2.24, 2.45) is 0 Å². The molecule has 0 aliphatic carbocycles. The molecule has 0 aliphatic rings. The molecular weight excluding hydrogens is 263 g/mol. The van der Waals surface area contributed by atoms with Gasteiger partial charge in [-0.1, -0.05) is 42.1 Å². The van der Waals surface area contributed by atoms with Gasteiger partial charge in [0.25, 0.3) is 0 Å². The van der Waals surface area contributed by atoms with Crippen LogP contribution in [0.1, 0.15) is 43.8 Å². The van der Waals surface area contributed by atoms with Gasteiger partial charge >= 0.3 is 0 Å². The summed E-state index contributed by atoms with van der Waals surface area (Å²) in [7, 11) is 0. The molecule has 0 aliphatic heterocycles. The highest BCUT2D eigenvalue weighted by Gasteiger charge is 2.14. The van der Waals surface area contributed by atoms with Gasteiger partial charge in [0.05, 0.1) is 10.4 Å². The van der Waals surface area contributed by atoms with E-state index in [1.165, 1.54) is 11.3 Å². The Bertz CT molecular complexity index is 336. The molecule has 90 valence electrons. The van der Waals surface area contributed by atoms with Crippen molar-refractivity contribution in [2.45, 2.75) is 38.2 Å². The normalized spacial score (nSPS) is 12.7. The number of unbranched alkanes of at least 4 members (excludes halogenated alkanes) is 3. The molecule has 1 nitrogen and oxygen atoms in total. The number of halogens is 2. The van der Waals surface area contributed by atoms with E-state index < -0.39 is 6.10 Å². The first-order valence-electron chi connectivity index (χ1n) is 5.39. The minimum absolute atomic E-state index is 0.486. The van der Waals surface area contributed by atoms with Gasteiger partial charge in [-0.05, 0) is 25.3 Å². The van der Waals surface area contributed by atoms with Crippen molar-refractivity contribution >= 4 is 34.5 Å². The minimum Gasteiger partial charge on any atom is -0.388 e. The Morgan fingerprint density at radius 3 is 2.69 bits per heavy atom. The van der Waals surface area contributed by atoms with E-state index in [0.29, 0.717) is 8.67 Å². The average molecular weight is 279 g/mol. The second-order valence-electron chi connectivity index (χ2n) is 3.72. The van der Waals surface area contributed by atoms with Crippen molar-refractivity contribution in [3.8, 4) is 0 Å². The summed E-state index contributed by atoms with van der Waals surface area (Å²) in [6.07, 6.45) is 6.46. The first-order valence-corrected chi connectivity index (χ1v) is 6.96. The van der Waals surface area contributed by atoms with E-state index in [0.717, 1.165) is 37.7 Å². The topological polar surface area (TPSA) is 20.2 Å².